The molecule has 6 N–H and O–H groups in total. The van der Waals surface area contributed by atoms with Crippen molar-refractivity contribution in [2.75, 3.05) is 45.7 Å². The number of aliphatic hydroxyl groups is 2. The van der Waals surface area contributed by atoms with Crippen molar-refractivity contribution in [1.29, 1.82) is 0 Å². The van der Waals surface area contributed by atoms with Gasteiger partial charge in [-0.3, -0.25) is 19.4 Å². The number of likely N-dealkylation sites (N-methyl/N-ethyl adjacent to an activating group) is 1. The number of allylic oxidation sites excluding steroid dienone is 2. The van der Waals surface area contributed by atoms with Gasteiger partial charge in [0.25, 0.3) is 11.7 Å². The van der Waals surface area contributed by atoms with E-state index in [1.807, 2.05) is 7.05 Å². The number of piperazine rings is 1. The highest BCUT2D eigenvalue weighted by Crippen LogP contribution is 2.55. The Balaban J connectivity index is 1.70. The molecule has 16 heteroatoms. The molecule has 2 aromatic rings. The maximum atomic E-state index is 14.4. The number of amides is 1. The van der Waals surface area contributed by atoms with Crippen LogP contribution < -0.4 is 10.1 Å². The van der Waals surface area contributed by atoms with Gasteiger partial charge >= 0.3 is 11.8 Å². The van der Waals surface area contributed by atoms with Crippen molar-refractivity contribution in [3.8, 4) is 23.0 Å². The molecule has 1 saturated heterocycles. The van der Waals surface area contributed by atoms with Gasteiger partial charge in [0.2, 0.25) is 0 Å². The van der Waals surface area contributed by atoms with Gasteiger partial charge in [0.1, 0.15) is 23.4 Å². The molecule has 5 bridgehead atoms. The molecule has 4 heterocycles. The number of ether oxygens (including phenoxy) is 4. The van der Waals surface area contributed by atoms with Crippen molar-refractivity contribution in [1.82, 2.24) is 9.91 Å². The summed E-state index contributed by atoms with van der Waals surface area (Å²) in [5.74, 6) is -8.34. The normalized spacial score (nSPS) is 31.5. The fraction of sp³-hybridized carbons (Fsp3) is 0.535. The number of hydrogen-bond acceptors (Lipinski definition) is 15. The van der Waals surface area contributed by atoms with Crippen molar-refractivity contribution in [2.24, 2.45) is 28.8 Å². The Morgan fingerprint density at radius 3 is 2.24 bits per heavy atom. The Morgan fingerprint density at radius 1 is 0.949 bits per heavy atom. The Bertz CT molecular complexity index is 2070. The summed E-state index contributed by atoms with van der Waals surface area (Å²) in [6.07, 6.45) is 4.86. The minimum Gasteiger partial charge on any atom is -0.507 e. The fourth-order valence-electron chi connectivity index (χ4n) is 7.92. The van der Waals surface area contributed by atoms with E-state index in [4.69, 9.17) is 18.9 Å². The molecule has 6 rings (SSSR count). The molecule has 0 radical (unpaired) electrons. The summed E-state index contributed by atoms with van der Waals surface area (Å²) in [7, 11) is 3.42. The topological polar surface area (TPSA) is 220 Å². The molecule has 9 atom stereocenters. The predicted molar refractivity (Wildman–Crippen MR) is 220 cm³/mol. The van der Waals surface area contributed by atoms with Crippen LogP contribution in [-0.4, -0.2) is 130 Å². The van der Waals surface area contributed by atoms with E-state index in [0.29, 0.717) is 13.1 Å². The van der Waals surface area contributed by atoms with E-state index >= 15 is 0 Å². The Hall–Kier alpha value is -5.16. The van der Waals surface area contributed by atoms with Gasteiger partial charge in [0.15, 0.2) is 5.75 Å². The Labute approximate surface area is 344 Å². The summed E-state index contributed by atoms with van der Waals surface area (Å²) in [5.41, 5.74) is -0.350. The van der Waals surface area contributed by atoms with Crippen LogP contribution >= 0.6 is 0 Å². The highest BCUT2D eigenvalue weighted by Gasteiger charge is 2.50. The van der Waals surface area contributed by atoms with Crippen LogP contribution in [0.3, 0.4) is 0 Å². The van der Waals surface area contributed by atoms with Gasteiger partial charge in [-0.25, -0.2) is 0 Å². The van der Waals surface area contributed by atoms with Crippen molar-refractivity contribution < 1.29 is 58.9 Å². The number of aromatic hydroxyl groups is 3. The zero-order chi connectivity index (χ0) is 43.7. The molecule has 322 valence electrons. The standard InChI is InChI=1S/C43H58N4O12/c1-21-12-11-13-22(2)42(55)45-33-28(20-44-47-17-15-46(9)16-18-47)37(52)30-31(38(33)53)36(51)26(6)40-32(30)41(54)43(8,59-40)57-19-14-29(56-10)23(3)39(58-27(7)48)25(5)35(50)24(4)34(21)49/h11-14,19-21,23-25,29,34-35,39,49-53H,15-18H2,1-10H3,(H,45,55)/b12-11-,19-14?,22-13-,44-20+/t21?,23?,24-,25?,29?,34?,35?,39-,43+/m1/s1. The van der Waals surface area contributed by atoms with Gasteiger partial charge in [-0.2, -0.15) is 5.10 Å². The van der Waals surface area contributed by atoms with Gasteiger partial charge in [0.05, 0.1) is 53.0 Å². The lowest BCUT2D eigenvalue weighted by atomic mass is 9.78. The molecular weight excluding hydrogens is 764 g/mol. The van der Waals surface area contributed by atoms with E-state index in [-0.39, 0.29) is 44.5 Å². The molecule has 2 aromatic carbocycles. The lowest BCUT2D eigenvalue weighted by molar-refractivity contribution is -0.160. The number of fused-ring (bicyclic) bond motifs is 14. The van der Waals surface area contributed by atoms with Crippen LogP contribution in [0.25, 0.3) is 10.8 Å². The third-order valence-corrected chi connectivity index (χ3v) is 11.9. The van der Waals surface area contributed by atoms with E-state index in [1.54, 1.807) is 44.9 Å². The summed E-state index contributed by atoms with van der Waals surface area (Å²) in [6, 6.07) is 0. The largest absolute Gasteiger partial charge is 0.507 e. The van der Waals surface area contributed by atoms with Crippen LogP contribution in [0.4, 0.5) is 5.69 Å². The number of rotatable bonds is 4. The quantitative estimate of drug-likeness (QED) is 0.109. The molecule has 0 aromatic heterocycles. The van der Waals surface area contributed by atoms with Crippen molar-refractivity contribution in [3.63, 3.8) is 0 Å². The van der Waals surface area contributed by atoms with Crippen molar-refractivity contribution in [3.05, 3.63) is 52.8 Å². The lowest BCUT2D eigenvalue weighted by Crippen LogP contribution is -2.46. The first-order chi connectivity index (χ1) is 27.7. The fourth-order valence-corrected chi connectivity index (χ4v) is 7.92. The average molecular weight is 823 g/mol. The van der Waals surface area contributed by atoms with Gasteiger partial charge < -0.3 is 54.7 Å². The summed E-state index contributed by atoms with van der Waals surface area (Å²) in [4.78, 5) is 42.6. The number of nitrogens with one attached hydrogen (secondary N) is 1. The van der Waals surface area contributed by atoms with Crippen LogP contribution in [0.2, 0.25) is 0 Å². The van der Waals surface area contributed by atoms with Crippen LogP contribution in [0, 0.1) is 30.6 Å². The first kappa shape index (κ1) is 44.9. The smallest absolute Gasteiger partial charge is 0.312 e. The number of nitrogens with zero attached hydrogens (tertiary/aromatic N) is 3. The molecular formula is C43H58N4O12. The zero-order valence-corrected chi connectivity index (χ0v) is 35.3. The SMILES string of the molecule is COC1C=CO[C@@]2(C)Oc3c(C)c(O)c4c(O)c(c(/C=N/N5CCN(C)CC5)c(O)c4c3C2=O)NC(=O)/C(C)=C\C=C/C(C)C(O)[C@@H](C)C(O)C(C)[C@H](OC(C)=O)C1C. The molecule has 6 unspecified atom stereocenters. The van der Waals surface area contributed by atoms with E-state index < -0.39 is 88.8 Å². The van der Waals surface area contributed by atoms with E-state index in [1.165, 1.54) is 59.4 Å². The van der Waals surface area contributed by atoms with Gasteiger partial charge in [-0.15, -0.1) is 0 Å². The number of hydrazone groups is 1. The molecule has 4 aliphatic heterocycles. The third-order valence-electron chi connectivity index (χ3n) is 11.9. The number of aliphatic hydroxyl groups excluding tert-OH is 2. The molecule has 59 heavy (non-hydrogen) atoms. The molecule has 16 nitrogen and oxygen atoms in total. The van der Waals surface area contributed by atoms with E-state index in [2.05, 4.69) is 15.3 Å². The highest BCUT2D eigenvalue weighted by molar-refractivity contribution is 6.23. The van der Waals surface area contributed by atoms with Crippen LogP contribution in [0.1, 0.15) is 70.0 Å². The minimum absolute atomic E-state index is 0.0559. The monoisotopic (exact) mass is 822 g/mol. The van der Waals surface area contributed by atoms with Gasteiger partial charge in [-0.05, 0) is 27.0 Å². The predicted octanol–water partition coefficient (Wildman–Crippen LogP) is 4.34. The van der Waals surface area contributed by atoms with Crippen molar-refractivity contribution in [2.45, 2.75) is 85.6 Å². The second kappa shape index (κ2) is 18.0. The van der Waals surface area contributed by atoms with E-state index in [0.717, 1.165) is 13.1 Å². The second-order valence-corrected chi connectivity index (χ2v) is 16.1. The number of carbonyl (C=O) groups is 3. The van der Waals surface area contributed by atoms with Gasteiger partial charge in [0, 0.05) is 87.3 Å². The summed E-state index contributed by atoms with van der Waals surface area (Å²) < 4.78 is 23.6. The zero-order valence-electron chi connectivity index (χ0n) is 35.3. The molecule has 0 spiro atoms. The first-order valence-corrected chi connectivity index (χ1v) is 19.8. The molecule has 1 fully saturated rings. The second-order valence-electron chi connectivity index (χ2n) is 16.1. The van der Waals surface area contributed by atoms with Crippen LogP contribution in [0.5, 0.6) is 23.0 Å². The maximum absolute atomic E-state index is 14.4. The molecule has 4 aliphatic rings. The average Bonchev–Trinajstić information content (AvgIpc) is 3.46. The van der Waals surface area contributed by atoms with Crippen molar-refractivity contribution >= 4 is 40.3 Å². The maximum Gasteiger partial charge on any atom is 0.312 e. The first-order valence-electron chi connectivity index (χ1n) is 19.8. The summed E-state index contributed by atoms with van der Waals surface area (Å²) in [6.45, 7) is 15.1. The number of phenols is 3. The van der Waals surface area contributed by atoms with Gasteiger partial charge in [-0.1, -0.05) is 45.9 Å². The number of ketones is 1. The number of anilines is 1. The van der Waals surface area contributed by atoms with E-state index in [9.17, 15) is 39.9 Å². The summed E-state index contributed by atoms with van der Waals surface area (Å²) >= 11 is 0. The lowest BCUT2D eigenvalue weighted by Gasteiger charge is -2.38. The third kappa shape index (κ3) is 8.91. The number of phenolic OH excluding ortho intramolecular Hbond substituents is 3. The van der Waals surface area contributed by atoms with Crippen LogP contribution in [0.15, 0.2) is 41.2 Å². The number of hydrogen-bond donors (Lipinski definition) is 6. The Kier molecular flexibility index (Phi) is 13.7. The minimum atomic E-state index is -2.04. The number of carbonyl (C=O) groups excluding carboxylic acids is 3. The molecule has 0 saturated carbocycles. The Morgan fingerprint density at radius 2 is 1.61 bits per heavy atom. The molecule has 1 amide bonds. The van der Waals surface area contributed by atoms with Crippen LogP contribution in [-0.2, 0) is 23.8 Å². The number of Topliss-reactive ketones (excluding diaryl/α,β-unsaturated/α-hetero) is 1. The number of methoxy groups -OCH3 is 1. The highest BCUT2D eigenvalue weighted by atomic mass is 16.7. The number of esters is 1. The number of benzene rings is 2. The molecule has 0 aliphatic carbocycles. The summed E-state index contributed by atoms with van der Waals surface area (Å²) in [5, 5.41) is 66.8.